The lowest BCUT2D eigenvalue weighted by Crippen LogP contribution is -2.33. The molecule has 3 rings (SSSR count). The maximum Gasteiger partial charge on any atom is 0.410 e. The summed E-state index contributed by atoms with van der Waals surface area (Å²) >= 11 is 1.18. The average Bonchev–Trinajstić information content (AvgIpc) is 3.36. The van der Waals surface area contributed by atoms with Gasteiger partial charge in [-0.1, -0.05) is 0 Å². The van der Waals surface area contributed by atoms with Crippen LogP contribution in [-0.2, 0) is 37.0 Å². The number of hydrogen-bond acceptors (Lipinski definition) is 11. The number of aromatic nitrogens is 1. The van der Waals surface area contributed by atoms with Crippen LogP contribution in [0.4, 0.5) is 15.3 Å². The molecule has 2 atom stereocenters. The molecule has 1 aromatic carbocycles. The molecule has 33 heavy (non-hydrogen) atoms. The van der Waals surface area contributed by atoms with Gasteiger partial charge in [0, 0.05) is 23.9 Å². The molecule has 15 heteroatoms. The van der Waals surface area contributed by atoms with Gasteiger partial charge in [0.2, 0.25) is 0 Å². The number of carbonyl (C=O) groups is 2. The van der Waals surface area contributed by atoms with Crippen molar-refractivity contribution >= 4 is 39.3 Å². The number of likely N-dealkylation sites (tertiary alicyclic amines) is 1. The highest BCUT2D eigenvalue weighted by molar-refractivity contribution is 7.86. The van der Waals surface area contributed by atoms with Gasteiger partial charge in [0.25, 0.3) is 15.8 Å². The lowest BCUT2D eigenvalue weighted by atomic mass is 10.1. The minimum atomic E-state index is -3.76. The van der Waals surface area contributed by atoms with Gasteiger partial charge >= 0.3 is 12.2 Å². The van der Waals surface area contributed by atoms with Crippen LogP contribution in [0.3, 0.4) is 0 Å². The number of carbonyl (C=O) groups excluding carboxylic acids is 2. The zero-order valence-corrected chi connectivity index (χ0v) is 18.9. The van der Waals surface area contributed by atoms with Crippen LogP contribution in [-0.4, -0.2) is 54.3 Å². The van der Waals surface area contributed by atoms with Crippen LogP contribution < -0.4 is 5.73 Å². The van der Waals surface area contributed by atoms with E-state index in [4.69, 9.17) is 19.4 Å². The fourth-order valence-corrected chi connectivity index (χ4v) is 4.60. The molecule has 1 aliphatic rings. The fraction of sp³-hybridized carbons (Fsp3) is 0.389. The number of primary amides is 1. The minimum Gasteiger partial charge on any atom is -0.445 e. The van der Waals surface area contributed by atoms with E-state index in [1.807, 2.05) is 0 Å². The summed E-state index contributed by atoms with van der Waals surface area (Å²) in [6.07, 6.45) is -1.42. The van der Waals surface area contributed by atoms with E-state index in [1.165, 1.54) is 40.5 Å². The van der Waals surface area contributed by atoms with Crippen molar-refractivity contribution in [3.8, 4) is 0 Å². The van der Waals surface area contributed by atoms with Crippen LogP contribution in [0.5, 0.6) is 0 Å². The van der Waals surface area contributed by atoms with Crippen molar-refractivity contribution < 1.29 is 36.6 Å². The second kappa shape index (κ2) is 10.1. The monoisotopic (exact) mass is 500 g/mol. The van der Waals surface area contributed by atoms with Gasteiger partial charge in [-0.15, -0.1) is 11.3 Å². The predicted octanol–water partition coefficient (Wildman–Crippen LogP) is 2.08. The van der Waals surface area contributed by atoms with Crippen molar-refractivity contribution in [3.63, 3.8) is 0 Å². The third-order valence-corrected chi connectivity index (χ3v) is 6.03. The molecule has 178 valence electrons. The van der Waals surface area contributed by atoms with Gasteiger partial charge in [0.15, 0.2) is 0 Å². The van der Waals surface area contributed by atoms with Crippen molar-refractivity contribution in [2.24, 2.45) is 5.73 Å². The molecule has 0 radical (unpaired) electrons. The molecule has 0 spiro atoms. The van der Waals surface area contributed by atoms with E-state index in [2.05, 4.69) is 4.98 Å². The van der Waals surface area contributed by atoms with E-state index < -0.39 is 39.4 Å². The van der Waals surface area contributed by atoms with Gasteiger partial charge in [0.1, 0.15) is 18.2 Å². The SMILES string of the molecule is CS(=O)(=O)O[C@@H]1C[C@@H](c2csc(COC(N)=O)n2)N(C(=O)OCc2ccc([N+](=O)[O-])cc2)C1. The van der Waals surface area contributed by atoms with Crippen molar-refractivity contribution in [2.75, 3.05) is 12.8 Å². The molecule has 0 unspecified atom stereocenters. The molecule has 0 aliphatic carbocycles. The minimum absolute atomic E-state index is 0.0541. The summed E-state index contributed by atoms with van der Waals surface area (Å²) in [6.45, 7) is -0.339. The zero-order chi connectivity index (χ0) is 24.2. The molecule has 0 saturated carbocycles. The Labute approximate surface area is 192 Å². The highest BCUT2D eigenvalue weighted by Crippen LogP contribution is 2.35. The number of rotatable bonds is 8. The number of hydrogen-bond donors (Lipinski definition) is 1. The Morgan fingerprint density at radius 2 is 1.97 bits per heavy atom. The number of nitro groups is 1. The lowest BCUT2D eigenvalue weighted by molar-refractivity contribution is -0.384. The van der Waals surface area contributed by atoms with Crippen molar-refractivity contribution in [3.05, 3.63) is 56.0 Å². The summed E-state index contributed by atoms with van der Waals surface area (Å²) in [4.78, 5) is 39.4. The Kier molecular flexibility index (Phi) is 7.45. The van der Waals surface area contributed by atoms with E-state index in [-0.39, 0.29) is 31.9 Å². The summed E-state index contributed by atoms with van der Waals surface area (Å²) in [5, 5.41) is 12.8. The second-order valence-corrected chi connectivity index (χ2v) is 9.62. The number of nitrogens with two attached hydrogens (primary N) is 1. The maximum atomic E-state index is 12.8. The predicted molar refractivity (Wildman–Crippen MR) is 114 cm³/mol. The number of ether oxygens (including phenoxy) is 2. The Bertz CT molecular complexity index is 1130. The van der Waals surface area contributed by atoms with E-state index in [1.54, 1.807) is 5.38 Å². The molecule has 1 fully saturated rings. The molecule has 1 saturated heterocycles. The Morgan fingerprint density at radius 3 is 2.58 bits per heavy atom. The lowest BCUT2D eigenvalue weighted by Gasteiger charge is -2.22. The number of thiazole rings is 1. The first-order chi connectivity index (χ1) is 15.5. The summed E-state index contributed by atoms with van der Waals surface area (Å²) in [7, 11) is -3.76. The van der Waals surface area contributed by atoms with Crippen molar-refractivity contribution in [2.45, 2.75) is 31.8 Å². The van der Waals surface area contributed by atoms with E-state index in [0.717, 1.165) is 6.26 Å². The van der Waals surface area contributed by atoms with Crippen LogP contribution >= 0.6 is 11.3 Å². The molecule has 0 bridgehead atoms. The normalized spacial score (nSPS) is 18.2. The number of benzene rings is 1. The van der Waals surface area contributed by atoms with Gasteiger partial charge in [0.05, 0.1) is 35.6 Å². The fourth-order valence-electron chi connectivity index (χ4n) is 3.22. The van der Waals surface area contributed by atoms with Crippen molar-refractivity contribution in [1.29, 1.82) is 0 Å². The van der Waals surface area contributed by atoms with Gasteiger partial charge < -0.3 is 15.2 Å². The first kappa shape index (κ1) is 24.3. The number of amides is 2. The number of nitro benzene ring substituents is 1. The topological polar surface area (TPSA) is 181 Å². The van der Waals surface area contributed by atoms with Crippen molar-refractivity contribution in [1.82, 2.24) is 9.88 Å². The number of non-ortho nitro benzene ring substituents is 1. The van der Waals surface area contributed by atoms with Gasteiger partial charge in [-0.25, -0.2) is 14.6 Å². The van der Waals surface area contributed by atoms with Crippen LogP contribution in [0.2, 0.25) is 0 Å². The average molecular weight is 501 g/mol. The van der Waals surface area contributed by atoms with E-state index in [0.29, 0.717) is 16.3 Å². The highest BCUT2D eigenvalue weighted by atomic mass is 32.2. The molecule has 2 amide bonds. The summed E-state index contributed by atoms with van der Waals surface area (Å²) in [5.74, 6) is 0. The second-order valence-electron chi connectivity index (χ2n) is 7.08. The molecular formula is C18H20N4O9S2. The molecule has 2 N–H and O–H groups in total. The Hall–Kier alpha value is -3.30. The smallest absolute Gasteiger partial charge is 0.410 e. The third kappa shape index (κ3) is 6.84. The Balaban J connectivity index is 1.72. The van der Waals surface area contributed by atoms with E-state index in [9.17, 15) is 28.1 Å². The molecule has 13 nitrogen and oxygen atoms in total. The molecule has 1 aliphatic heterocycles. The quantitative estimate of drug-likeness (QED) is 0.320. The van der Waals surface area contributed by atoms with Crippen LogP contribution in [0.25, 0.3) is 0 Å². The standard InChI is InChI=1S/C18H20N4O9S2/c1-33(27,28)31-13-6-15(14-10-32-16(20-14)9-29-17(19)23)21(7-13)18(24)30-8-11-2-4-12(5-3-11)22(25)26/h2-5,10,13,15H,6-9H2,1H3,(H2,19,23)/t13-,15+/m1/s1. The highest BCUT2D eigenvalue weighted by Gasteiger charge is 2.40. The first-order valence-corrected chi connectivity index (χ1v) is 12.1. The molecular weight excluding hydrogens is 480 g/mol. The molecule has 2 heterocycles. The zero-order valence-electron chi connectivity index (χ0n) is 17.3. The number of nitrogens with zero attached hydrogens (tertiary/aromatic N) is 3. The van der Waals surface area contributed by atoms with E-state index >= 15 is 0 Å². The molecule has 2 aromatic rings. The Morgan fingerprint density at radius 1 is 1.27 bits per heavy atom. The van der Waals surface area contributed by atoms with Crippen LogP contribution in [0, 0.1) is 10.1 Å². The largest absolute Gasteiger partial charge is 0.445 e. The third-order valence-electron chi connectivity index (χ3n) is 4.57. The molecule has 1 aromatic heterocycles. The summed E-state index contributed by atoms with van der Waals surface area (Å²) in [5.41, 5.74) is 5.85. The van der Waals surface area contributed by atoms with Gasteiger partial charge in [-0.05, 0) is 17.7 Å². The van der Waals surface area contributed by atoms with Gasteiger partial charge in [-0.2, -0.15) is 8.42 Å². The first-order valence-electron chi connectivity index (χ1n) is 9.43. The van der Waals surface area contributed by atoms with Crippen LogP contribution in [0.15, 0.2) is 29.6 Å². The van der Waals surface area contributed by atoms with Crippen LogP contribution in [0.1, 0.15) is 28.7 Å². The summed E-state index contributed by atoms with van der Waals surface area (Å²) < 4.78 is 38.2. The van der Waals surface area contributed by atoms with Gasteiger partial charge in [-0.3, -0.25) is 19.2 Å². The maximum absolute atomic E-state index is 12.8. The summed E-state index contributed by atoms with van der Waals surface area (Å²) in [6, 6.07) is 4.88.